The molecule has 0 atom stereocenters. The number of carbonyl (C=O) groups excluding carboxylic acids is 1. The summed E-state index contributed by atoms with van der Waals surface area (Å²) in [5.74, 6) is 0.527. The van der Waals surface area contributed by atoms with Gasteiger partial charge in [0.2, 0.25) is 5.88 Å². The maximum absolute atomic E-state index is 11.9. The maximum atomic E-state index is 11.9. The summed E-state index contributed by atoms with van der Waals surface area (Å²) in [7, 11) is 1.86. The molecule has 0 bridgehead atoms. The van der Waals surface area contributed by atoms with E-state index in [9.17, 15) is 4.79 Å². The summed E-state index contributed by atoms with van der Waals surface area (Å²) < 4.78 is 14.9. The lowest BCUT2D eigenvalue weighted by atomic mass is 9.89. The Balaban J connectivity index is 1.43. The van der Waals surface area contributed by atoms with Gasteiger partial charge in [0.15, 0.2) is 0 Å². The van der Waals surface area contributed by atoms with E-state index < -0.39 is 11.7 Å². The van der Waals surface area contributed by atoms with Crippen molar-refractivity contribution in [3.05, 3.63) is 30.9 Å². The van der Waals surface area contributed by atoms with Crippen LogP contribution in [0.2, 0.25) is 0 Å². The third-order valence-corrected chi connectivity index (χ3v) is 4.45. The lowest BCUT2D eigenvalue weighted by molar-refractivity contribution is 0.0357. The van der Waals surface area contributed by atoms with E-state index in [1.807, 2.05) is 46.3 Å². The number of hydrogen-bond acceptors (Lipinski definition) is 6. The zero-order valence-electron chi connectivity index (χ0n) is 16.4. The van der Waals surface area contributed by atoms with Crippen LogP contribution in [0.3, 0.4) is 0 Å². The molecule has 0 radical (unpaired) electrons. The predicted octanol–water partition coefficient (Wildman–Crippen LogP) is 2.56. The molecule has 4 rings (SSSR count). The Morgan fingerprint density at radius 3 is 2.71 bits per heavy atom. The fraction of sp³-hybridized carbons (Fsp3) is 0.474. The molecule has 1 N–H and O–H groups in total. The van der Waals surface area contributed by atoms with Crippen molar-refractivity contribution in [3.8, 4) is 17.1 Å². The van der Waals surface area contributed by atoms with Crippen molar-refractivity contribution in [2.45, 2.75) is 51.4 Å². The van der Waals surface area contributed by atoms with Gasteiger partial charge in [0.05, 0.1) is 24.3 Å². The first-order valence-corrected chi connectivity index (χ1v) is 9.26. The smallest absolute Gasteiger partial charge is 0.407 e. The fourth-order valence-corrected chi connectivity index (χ4v) is 3.09. The van der Waals surface area contributed by atoms with E-state index in [0.717, 1.165) is 16.8 Å². The summed E-state index contributed by atoms with van der Waals surface area (Å²) in [6.07, 6.45) is 8.21. The highest BCUT2D eigenvalue weighted by molar-refractivity contribution is 5.68. The Kier molecular flexibility index (Phi) is 4.44. The molecule has 0 aromatic carbocycles. The van der Waals surface area contributed by atoms with Crippen molar-refractivity contribution in [3.63, 3.8) is 0 Å². The number of hydrogen-bond donors (Lipinski definition) is 1. The summed E-state index contributed by atoms with van der Waals surface area (Å²) in [6, 6.07) is 1.91. The standard InChI is InChI=1S/C19H24N6O3/c1-19(2,3)28-18(26)22-13-7-14(8-13)27-17-16-5-6-20-25(16)11-15(23-17)12-9-21-24(4)10-12/h5-6,9-11,13-14H,7-8H2,1-4H3,(H,22,26). The normalized spacial score (nSPS) is 19.3. The first kappa shape index (κ1) is 18.3. The fourth-order valence-electron chi connectivity index (χ4n) is 3.09. The van der Waals surface area contributed by atoms with Crippen LogP contribution in [0.15, 0.2) is 30.9 Å². The molecule has 1 saturated carbocycles. The molecule has 9 heteroatoms. The summed E-state index contributed by atoms with van der Waals surface area (Å²) >= 11 is 0. The summed E-state index contributed by atoms with van der Waals surface area (Å²) in [6.45, 7) is 5.53. The highest BCUT2D eigenvalue weighted by atomic mass is 16.6. The van der Waals surface area contributed by atoms with Gasteiger partial charge in [-0.15, -0.1) is 0 Å². The molecule has 1 amide bonds. The molecule has 3 heterocycles. The van der Waals surface area contributed by atoms with Crippen LogP contribution in [0, 0.1) is 0 Å². The third kappa shape index (κ3) is 3.92. The Labute approximate surface area is 162 Å². The number of nitrogens with zero attached hydrogens (tertiary/aromatic N) is 5. The Morgan fingerprint density at radius 1 is 1.25 bits per heavy atom. The molecule has 0 aliphatic heterocycles. The highest BCUT2D eigenvalue weighted by Gasteiger charge is 2.34. The monoisotopic (exact) mass is 384 g/mol. The van der Waals surface area contributed by atoms with E-state index in [1.165, 1.54) is 0 Å². The summed E-state index contributed by atoms with van der Waals surface area (Å²) in [5.41, 5.74) is 1.93. The van der Waals surface area contributed by atoms with Crippen LogP contribution >= 0.6 is 0 Å². The molecular formula is C19H24N6O3. The van der Waals surface area contributed by atoms with Crippen LogP contribution in [0.1, 0.15) is 33.6 Å². The zero-order valence-corrected chi connectivity index (χ0v) is 16.4. The van der Waals surface area contributed by atoms with Gasteiger partial charge in [-0.05, 0) is 26.8 Å². The molecule has 1 fully saturated rings. The van der Waals surface area contributed by atoms with E-state index in [2.05, 4.69) is 20.5 Å². The van der Waals surface area contributed by atoms with Crippen LogP contribution in [-0.2, 0) is 11.8 Å². The Hall–Kier alpha value is -3.10. The van der Waals surface area contributed by atoms with Crippen LogP contribution in [0.4, 0.5) is 4.79 Å². The average Bonchev–Trinajstić information content (AvgIpc) is 3.19. The number of fused-ring (bicyclic) bond motifs is 1. The van der Waals surface area contributed by atoms with Crippen LogP contribution < -0.4 is 10.1 Å². The molecule has 28 heavy (non-hydrogen) atoms. The minimum absolute atomic E-state index is 0.0183. The molecule has 3 aromatic rings. The molecule has 0 unspecified atom stereocenters. The number of carbonyl (C=O) groups is 1. The molecule has 3 aromatic heterocycles. The Bertz CT molecular complexity index is 997. The minimum atomic E-state index is -0.506. The van der Waals surface area contributed by atoms with Gasteiger partial charge in [0, 0.05) is 37.7 Å². The SMILES string of the molecule is Cn1cc(-c2cn3nccc3c(OC3CC(NC(=O)OC(C)(C)C)C3)n2)cn1. The molecule has 0 saturated heterocycles. The lowest BCUT2D eigenvalue weighted by Gasteiger charge is -2.35. The molecular weight excluding hydrogens is 360 g/mol. The number of ether oxygens (including phenoxy) is 2. The van der Waals surface area contributed by atoms with Gasteiger partial charge < -0.3 is 14.8 Å². The van der Waals surface area contributed by atoms with E-state index in [-0.39, 0.29) is 12.1 Å². The number of rotatable bonds is 4. The van der Waals surface area contributed by atoms with Gasteiger partial charge in [-0.25, -0.2) is 14.3 Å². The third-order valence-electron chi connectivity index (χ3n) is 4.45. The second kappa shape index (κ2) is 6.81. The maximum Gasteiger partial charge on any atom is 0.407 e. The van der Waals surface area contributed by atoms with Crippen LogP contribution in [0.25, 0.3) is 16.8 Å². The topological polar surface area (TPSA) is 95.6 Å². The largest absolute Gasteiger partial charge is 0.473 e. The van der Waals surface area contributed by atoms with Gasteiger partial charge in [-0.1, -0.05) is 0 Å². The van der Waals surface area contributed by atoms with E-state index in [1.54, 1.807) is 21.6 Å². The number of nitrogens with one attached hydrogen (secondary N) is 1. The van der Waals surface area contributed by atoms with Gasteiger partial charge in [0.1, 0.15) is 17.2 Å². The molecule has 1 aliphatic carbocycles. The average molecular weight is 384 g/mol. The minimum Gasteiger partial charge on any atom is -0.473 e. The number of amides is 1. The number of aromatic nitrogens is 5. The van der Waals surface area contributed by atoms with E-state index >= 15 is 0 Å². The van der Waals surface area contributed by atoms with Gasteiger partial charge in [-0.3, -0.25) is 4.68 Å². The van der Waals surface area contributed by atoms with Crippen molar-refractivity contribution >= 4 is 11.6 Å². The lowest BCUT2D eigenvalue weighted by Crippen LogP contribution is -2.50. The molecule has 9 nitrogen and oxygen atoms in total. The predicted molar refractivity (Wildman–Crippen MR) is 102 cm³/mol. The van der Waals surface area contributed by atoms with Crippen LogP contribution in [0.5, 0.6) is 5.88 Å². The zero-order chi connectivity index (χ0) is 19.9. The molecule has 0 spiro atoms. The van der Waals surface area contributed by atoms with Crippen molar-refractivity contribution in [1.29, 1.82) is 0 Å². The van der Waals surface area contributed by atoms with Crippen LogP contribution in [-0.4, -0.2) is 48.2 Å². The van der Waals surface area contributed by atoms with E-state index in [0.29, 0.717) is 18.7 Å². The van der Waals surface area contributed by atoms with Crippen molar-refractivity contribution < 1.29 is 14.3 Å². The van der Waals surface area contributed by atoms with Crippen molar-refractivity contribution in [1.82, 2.24) is 29.7 Å². The van der Waals surface area contributed by atoms with Gasteiger partial charge >= 0.3 is 6.09 Å². The highest BCUT2D eigenvalue weighted by Crippen LogP contribution is 2.29. The van der Waals surface area contributed by atoms with Crippen molar-refractivity contribution in [2.24, 2.45) is 7.05 Å². The number of aryl methyl sites for hydroxylation is 1. The molecule has 148 valence electrons. The summed E-state index contributed by atoms with van der Waals surface area (Å²) in [5, 5.41) is 11.4. The second-order valence-electron chi connectivity index (χ2n) is 8.05. The quantitative estimate of drug-likeness (QED) is 0.743. The second-order valence-corrected chi connectivity index (χ2v) is 8.05. The summed E-state index contributed by atoms with van der Waals surface area (Å²) in [4.78, 5) is 16.5. The first-order valence-electron chi connectivity index (χ1n) is 9.26. The van der Waals surface area contributed by atoms with Crippen molar-refractivity contribution in [2.75, 3.05) is 0 Å². The van der Waals surface area contributed by atoms with E-state index in [4.69, 9.17) is 9.47 Å². The van der Waals surface area contributed by atoms with Gasteiger partial charge in [-0.2, -0.15) is 10.2 Å². The Morgan fingerprint density at radius 2 is 2.04 bits per heavy atom. The molecule has 1 aliphatic rings. The number of alkyl carbamates (subject to hydrolysis) is 1. The first-order chi connectivity index (χ1) is 13.3. The van der Waals surface area contributed by atoms with Gasteiger partial charge in [0.25, 0.3) is 0 Å².